The third-order valence-electron chi connectivity index (χ3n) is 4.70. The number of nitrogens with one attached hydrogen (secondary N) is 1. The second kappa shape index (κ2) is 5.51. The van der Waals surface area contributed by atoms with Gasteiger partial charge in [-0.15, -0.1) is 0 Å². The van der Waals surface area contributed by atoms with Gasteiger partial charge in [-0.25, -0.2) is 0 Å². The van der Waals surface area contributed by atoms with E-state index >= 15 is 0 Å². The largest absolute Gasteiger partial charge is 0.378 e. The molecule has 1 aliphatic carbocycles. The van der Waals surface area contributed by atoms with E-state index in [1.807, 2.05) is 26.6 Å². The van der Waals surface area contributed by atoms with Gasteiger partial charge in [-0.3, -0.25) is 4.98 Å². The quantitative estimate of drug-likeness (QED) is 0.903. The number of rotatable bonds is 5. The summed E-state index contributed by atoms with van der Waals surface area (Å²) in [4.78, 5) is 4.40. The maximum atomic E-state index is 5.78. The van der Waals surface area contributed by atoms with Crippen molar-refractivity contribution < 1.29 is 4.74 Å². The Morgan fingerprint density at radius 2 is 2.10 bits per heavy atom. The van der Waals surface area contributed by atoms with Gasteiger partial charge in [-0.2, -0.15) is 0 Å². The van der Waals surface area contributed by atoms with Crippen LogP contribution in [0.25, 0.3) is 10.8 Å². The summed E-state index contributed by atoms with van der Waals surface area (Å²) in [5, 5.41) is 5.93. The van der Waals surface area contributed by atoms with Gasteiger partial charge in [0, 0.05) is 30.9 Å². The SMILES string of the molecule is CNC(CC1(OC)CCC1)c1cncc2ccccc12. The molecule has 106 valence electrons. The number of hydrogen-bond acceptors (Lipinski definition) is 3. The van der Waals surface area contributed by atoms with Crippen molar-refractivity contribution in [3.05, 3.63) is 42.2 Å². The van der Waals surface area contributed by atoms with Crippen molar-refractivity contribution >= 4 is 10.8 Å². The highest BCUT2D eigenvalue weighted by molar-refractivity contribution is 5.85. The van der Waals surface area contributed by atoms with Crippen molar-refractivity contribution in [2.45, 2.75) is 37.3 Å². The van der Waals surface area contributed by atoms with Crippen molar-refractivity contribution in [3.8, 4) is 0 Å². The highest BCUT2D eigenvalue weighted by Crippen LogP contribution is 2.42. The predicted octanol–water partition coefficient (Wildman–Crippen LogP) is 3.45. The first kappa shape index (κ1) is 13.5. The Morgan fingerprint density at radius 3 is 2.75 bits per heavy atom. The van der Waals surface area contributed by atoms with Crippen LogP contribution >= 0.6 is 0 Å². The van der Waals surface area contributed by atoms with Crippen LogP contribution in [0.2, 0.25) is 0 Å². The number of ether oxygens (including phenoxy) is 1. The highest BCUT2D eigenvalue weighted by Gasteiger charge is 2.39. The second-order valence-electron chi connectivity index (χ2n) is 5.74. The van der Waals surface area contributed by atoms with Crippen LogP contribution in [0, 0.1) is 0 Å². The summed E-state index contributed by atoms with van der Waals surface area (Å²) < 4.78 is 5.78. The minimum Gasteiger partial charge on any atom is -0.378 e. The number of nitrogens with zero attached hydrogens (tertiary/aromatic N) is 1. The molecule has 0 radical (unpaired) electrons. The predicted molar refractivity (Wildman–Crippen MR) is 81.8 cm³/mol. The van der Waals surface area contributed by atoms with Gasteiger partial charge in [0.15, 0.2) is 0 Å². The maximum absolute atomic E-state index is 5.78. The first-order valence-corrected chi connectivity index (χ1v) is 7.33. The van der Waals surface area contributed by atoms with E-state index in [9.17, 15) is 0 Å². The van der Waals surface area contributed by atoms with E-state index in [-0.39, 0.29) is 11.6 Å². The van der Waals surface area contributed by atoms with Crippen LogP contribution < -0.4 is 5.32 Å². The first-order valence-electron chi connectivity index (χ1n) is 7.33. The Balaban J connectivity index is 1.95. The summed E-state index contributed by atoms with van der Waals surface area (Å²) in [6.07, 6.45) is 8.54. The van der Waals surface area contributed by atoms with E-state index < -0.39 is 0 Å². The monoisotopic (exact) mass is 270 g/mol. The van der Waals surface area contributed by atoms with Crippen LogP contribution in [-0.2, 0) is 4.74 Å². The van der Waals surface area contributed by atoms with Gasteiger partial charge in [0.2, 0.25) is 0 Å². The van der Waals surface area contributed by atoms with E-state index in [2.05, 4.69) is 34.6 Å². The standard InChI is InChI=1S/C17H22N2O/c1-18-16(10-17(20-2)8-5-9-17)15-12-19-11-13-6-3-4-7-14(13)15/h3-4,6-7,11-12,16,18H,5,8-10H2,1-2H3. The lowest BCUT2D eigenvalue weighted by Crippen LogP contribution is -2.42. The van der Waals surface area contributed by atoms with Gasteiger partial charge in [-0.05, 0) is 43.7 Å². The zero-order chi connectivity index (χ0) is 14.0. The number of aromatic nitrogens is 1. The molecule has 3 nitrogen and oxygen atoms in total. The number of methoxy groups -OCH3 is 1. The van der Waals surface area contributed by atoms with Gasteiger partial charge < -0.3 is 10.1 Å². The third-order valence-corrected chi connectivity index (χ3v) is 4.70. The molecule has 1 aliphatic rings. The summed E-state index contributed by atoms with van der Waals surface area (Å²) in [5.74, 6) is 0. The average molecular weight is 270 g/mol. The molecule has 1 N–H and O–H groups in total. The lowest BCUT2D eigenvalue weighted by molar-refractivity contribution is -0.0833. The zero-order valence-electron chi connectivity index (χ0n) is 12.2. The molecule has 0 bridgehead atoms. The van der Waals surface area contributed by atoms with Crippen LogP contribution in [-0.4, -0.2) is 24.7 Å². The number of hydrogen-bond donors (Lipinski definition) is 1. The van der Waals surface area contributed by atoms with E-state index in [0.29, 0.717) is 0 Å². The van der Waals surface area contributed by atoms with Gasteiger partial charge in [0.1, 0.15) is 0 Å². The zero-order valence-corrected chi connectivity index (χ0v) is 12.2. The fourth-order valence-corrected chi connectivity index (χ4v) is 3.22. The molecule has 1 heterocycles. The molecule has 3 heteroatoms. The Labute approximate surface area is 120 Å². The molecule has 0 spiro atoms. The second-order valence-corrected chi connectivity index (χ2v) is 5.74. The molecule has 0 amide bonds. The Morgan fingerprint density at radius 1 is 1.30 bits per heavy atom. The highest BCUT2D eigenvalue weighted by atomic mass is 16.5. The van der Waals surface area contributed by atoms with E-state index in [1.165, 1.54) is 35.6 Å². The van der Waals surface area contributed by atoms with Crippen LogP contribution in [0.15, 0.2) is 36.7 Å². The van der Waals surface area contributed by atoms with Crippen molar-refractivity contribution in [2.24, 2.45) is 0 Å². The molecule has 0 aliphatic heterocycles. The topological polar surface area (TPSA) is 34.1 Å². The lowest BCUT2D eigenvalue weighted by atomic mass is 9.74. The third kappa shape index (κ3) is 2.32. The van der Waals surface area contributed by atoms with Gasteiger partial charge in [0.25, 0.3) is 0 Å². The van der Waals surface area contributed by atoms with E-state index in [4.69, 9.17) is 4.74 Å². The van der Waals surface area contributed by atoms with Gasteiger partial charge in [0.05, 0.1) is 5.60 Å². The molecule has 2 aromatic rings. The molecule has 1 saturated carbocycles. The van der Waals surface area contributed by atoms with Crippen LogP contribution in [0.5, 0.6) is 0 Å². The Kier molecular flexibility index (Phi) is 3.72. The first-order chi connectivity index (χ1) is 9.78. The minimum atomic E-state index is 0.0601. The number of pyridine rings is 1. The minimum absolute atomic E-state index is 0.0601. The molecule has 0 saturated heterocycles. The summed E-state index contributed by atoms with van der Waals surface area (Å²) in [6.45, 7) is 0. The molecular weight excluding hydrogens is 248 g/mol. The van der Waals surface area contributed by atoms with Crippen molar-refractivity contribution in [3.63, 3.8) is 0 Å². The van der Waals surface area contributed by atoms with Crippen LogP contribution in [0.3, 0.4) is 0 Å². The van der Waals surface area contributed by atoms with Gasteiger partial charge in [-0.1, -0.05) is 24.3 Å². The Bertz CT molecular complexity index is 582. The smallest absolute Gasteiger partial charge is 0.0697 e. The molecule has 20 heavy (non-hydrogen) atoms. The Hall–Kier alpha value is -1.45. The fourth-order valence-electron chi connectivity index (χ4n) is 3.22. The maximum Gasteiger partial charge on any atom is 0.0697 e. The summed E-state index contributed by atoms with van der Waals surface area (Å²) in [6, 6.07) is 8.73. The summed E-state index contributed by atoms with van der Waals surface area (Å²) in [7, 11) is 3.86. The summed E-state index contributed by atoms with van der Waals surface area (Å²) in [5.41, 5.74) is 1.33. The molecular formula is C17H22N2O. The van der Waals surface area contributed by atoms with Crippen molar-refractivity contribution in [1.29, 1.82) is 0 Å². The average Bonchev–Trinajstić information content (AvgIpc) is 2.47. The van der Waals surface area contributed by atoms with Crippen molar-refractivity contribution in [1.82, 2.24) is 10.3 Å². The van der Waals surface area contributed by atoms with Crippen LogP contribution in [0.4, 0.5) is 0 Å². The molecule has 1 aromatic carbocycles. The van der Waals surface area contributed by atoms with Crippen molar-refractivity contribution in [2.75, 3.05) is 14.2 Å². The fraction of sp³-hybridized carbons (Fsp3) is 0.471. The lowest BCUT2D eigenvalue weighted by Gasteiger charge is -2.43. The number of fused-ring (bicyclic) bond motifs is 1. The van der Waals surface area contributed by atoms with E-state index in [1.54, 1.807) is 0 Å². The molecule has 1 aromatic heterocycles. The molecule has 1 unspecified atom stereocenters. The number of benzene rings is 1. The molecule has 1 fully saturated rings. The van der Waals surface area contributed by atoms with Crippen LogP contribution in [0.1, 0.15) is 37.3 Å². The molecule has 1 atom stereocenters. The summed E-state index contributed by atoms with van der Waals surface area (Å²) >= 11 is 0. The molecule has 3 rings (SSSR count). The van der Waals surface area contributed by atoms with E-state index in [0.717, 1.165) is 6.42 Å². The normalized spacial score (nSPS) is 18.7. The van der Waals surface area contributed by atoms with Gasteiger partial charge >= 0.3 is 0 Å².